The maximum Gasteiger partial charge on any atom is 0.227 e. The van der Waals surface area contributed by atoms with Crippen LogP contribution in [0, 0.1) is 10.8 Å². The maximum atomic E-state index is 9.83. The van der Waals surface area contributed by atoms with Gasteiger partial charge in [-0.2, -0.15) is 0 Å². The Morgan fingerprint density at radius 2 is 1.37 bits per heavy atom. The number of aliphatic imine (C=N–C) groups is 2. The Bertz CT molecular complexity index is 3020. The van der Waals surface area contributed by atoms with E-state index in [-0.39, 0.29) is 17.8 Å². The molecule has 2 heterocycles. The molecule has 9 heteroatoms. The average molecular weight is 773 g/mol. The van der Waals surface area contributed by atoms with Crippen molar-refractivity contribution in [3.8, 4) is 22.6 Å². The Balaban J connectivity index is 1.23. The summed E-state index contributed by atoms with van der Waals surface area (Å²) in [6.45, 7) is 12.1. The lowest BCUT2D eigenvalue weighted by Gasteiger charge is -2.34. The minimum Gasteiger partial charge on any atom is -0.436 e. The van der Waals surface area contributed by atoms with E-state index in [0.717, 1.165) is 60.7 Å². The van der Waals surface area contributed by atoms with Gasteiger partial charge in [-0.05, 0) is 124 Å². The molecule has 0 spiro atoms. The van der Waals surface area contributed by atoms with Crippen LogP contribution in [-0.2, 0) is 0 Å². The highest BCUT2D eigenvalue weighted by Crippen LogP contribution is 2.35. The first kappa shape index (κ1) is 37.4. The zero-order valence-electron chi connectivity index (χ0n) is 33.9. The molecule has 9 rings (SSSR count). The number of nitrogens with zero attached hydrogens (tertiary/aromatic N) is 6. The SMILES string of the molecule is CC(C)N=C1C=CC=C(N(C2=CC=C(c3cccc4ccccc34)C(=N)C2=NC(C)C)c2ccc(-c3ccc(-c4nc5ccccc5o4)cc3)c3c2=NC(C)(C)N=3)C1=N. The Labute approximate surface area is 343 Å². The molecule has 59 heavy (non-hydrogen) atoms. The summed E-state index contributed by atoms with van der Waals surface area (Å²) in [5.41, 5.74) is 9.01. The van der Waals surface area contributed by atoms with E-state index >= 15 is 0 Å². The number of rotatable bonds is 8. The first-order valence-electron chi connectivity index (χ1n) is 20.0. The van der Waals surface area contributed by atoms with E-state index in [1.54, 1.807) is 0 Å². The minimum atomic E-state index is -0.750. The monoisotopic (exact) mass is 772 g/mol. The summed E-state index contributed by atoms with van der Waals surface area (Å²) >= 11 is 0. The zero-order valence-corrected chi connectivity index (χ0v) is 33.9. The van der Waals surface area contributed by atoms with Crippen molar-refractivity contribution in [1.29, 1.82) is 10.8 Å². The van der Waals surface area contributed by atoms with E-state index in [0.29, 0.717) is 39.8 Å². The molecule has 0 saturated heterocycles. The lowest BCUT2D eigenvalue weighted by molar-refractivity contribution is 0.549. The lowest BCUT2D eigenvalue weighted by atomic mass is 9.88. The molecule has 2 N–H and O–H groups in total. The topological polar surface area (TPSA) is 126 Å². The Hall–Kier alpha value is -7.13. The van der Waals surface area contributed by atoms with Gasteiger partial charge < -0.3 is 9.32 Å². The fourth-order valence-electron chi connectivity index (χ4n) is 7.89. The van der Waals surface area contributed by atoms with E-state index in [4.69, 9.17) is 29.4 Å². The summed E-state index contributed by atoms with van der Waals surface area (Å²) in [6, 6.07) is 34.4. The molecule has 3 aliphatic rings. The third-order valence-electron chi connectivity index (χ3n) is 10.4. The fourth-order valence-corrected chi connectivity index (χ4v) is 7.89. The first-order valence-corrected chi connectivity index (χ1v) is 20.0. The fraction of sp³-hybridized carbons (Fsp3) is 0.180. The number of benzene rings is 5. The van der Waals surface area contributed by atoms with Gasteiger partial charge >= 0.3 is 0 Å². The van der Waals surface area contributed by atoms with Crippen LogP contribution in [0.3, 0.4) is 0 Å². The van der Waals surface area contributed by atoms with Crippen molar-refractivity contribution < 1.29 is 4.42 Å². The van der Waals surface area contributed by atoms with Crippen molar-refractivity contribution in [1.82, 2.24) is 4.98 Å². The molecule has 0 unspecified atom stereocenters. The molecule has 0 fully saturated rings. The van der Waals surface area contributed by atoms with Gasteiger partial charge in [-0.25, -0.2) is 4.98 Å². The smallest absolute Gasteiger partial charge is 0.227 e. The molecule has 6 aromatic rings. The molecule has 2 aliphatic carbocycles. The van der Waals surface area contributed by atoms with E-state index < -0.39 is 5.66 Å². The van der Waals surface area contributed by atoms with Crippen LogP contribution >= 0.6 is 0 Å². The largest absolute Gasteiger partial charge is 0.436 e. The number of para-hydroxylation sites is 2. The van der Waals surface area contributed by atoms with Gasteiger partial charge in [0.25, 0.3) is 0 Å². The van der Waals surface area contributed by atoms with Crippen molar-refractivity contribution in [3.05, 3.63) is 161 Å². The summed E-state index contributed by atoms with van der Waals surface area (Å²) in [7, 11) is 0. The van der Waals surface area contributed by atoms with Crippen LogP contribution in [0.4, 0.5) is 5.69 Å². The highest BCUT2D eigenvalue weighted by molar-refractivity contribution is 6.63. The normalized spacial score (nSPS) is 17.4. The molecule has 1 aromatic heterocycles. The van der Waals surface area contributed by atoms with Crippen LogP contribution < -0.4 is 15.6 Å². The second-order valence-corrected chi connectivity index (χ2v) is 15.9. The van der Waals surface area contributed by atoms with Crippen LogP contribution in [-0.4, -0.2) is 45.6 Å². The van der Waals surface area contributed by atoms with Crippen LogP contribution in [0.1, 0.15) is 47.1 Å². The number of nitrogens with one attached hydrogen (secondary N) is 2. The summed E-state index contributed by atoms with van der Waals surface area (Å²) in [6.07, 6.45) is 9.79. The van der Waals surface area contributed by atoms with Crippen molar-refractivity contribution in [2.45, 2.75) is 59.3 Å². The van der Waals surface area contributed by atoms with Gasteiger partial charge in [-0.3, -0.25) is 30.8 Å². The van der Waals surface area contributed by atoms with Crippen molar-refractivity contribution in [2.24, 2.45) is 20.0 Å². The quantitative estimate of drug-likeness (QED) is 0.150. The molecule has 9 nitrogen and oxygen atoms in total. The minimum absolute atomic E-state index is 0.0127. The van der Waals surface area contributed by atoms with E-state index in [1.807, 2.05) is 131 Å². The number of anilines is 1. The average Bonchev–Trinajstić information content (AvgIpc) is 3.80. The number of oxazole rings is 1. The number of aromatic nitrogens is 1. The number of hydrogen-bond acceptors (Lipinski definition) is 9. The summed E-state index contributed by atoms with van der Waals surface area (Å²) in [5, 5.41) is 23.1. The highest BCUT2D eigenvalue weighted by atomic mass is 16.3. The summed E-state index contributed by atoms with van der Waals surface area (Å²) in [5.74, 6) is 0.565. The molecule has 290 valence electrons. The number of allylic oxidation sites excluding steroid dienone is 8. The second kappa shape index (κ2) is 14.7. The van der Waals surface area contributed by atoms with Gasteiger partial charge in [0.15, 0.2) is 5.58 Å². The Kier molecular flexibility index (Phi) is 9.31. The van der Waals surface area contributed by atoms with Crippen molar-refractivity contribution in [2.75, 3.05) is 4.90 Å². The summed E-state index contributed by atoms with van der Waals surface area (Å²) < 4.78 is 6.07. The number of hydrogen-bond donors (Lipinski definition) is 2. The van der Waals surface area contributed by atoms with Gasteiger partial charge in [0.05, 0.1) is 33.9 Å². The predicted molar refractivity (Wildman–Crippen MR) is 242 cm³/mol. The molecule has 0 radical (unpaired) electrons. The van der Waals surface area contributed by atoms with E-state index in [1.165, 1.54) is 0 Å². The van der Waals surface area contributed by atoms with Crippen molar-refractivity contribution >= 4 is 56.0 Å². The predicted octanol–water partition coefficient (Wildman–Crippen LogP) is 10.3. The highest BCUT2D eigenvalue weighted by Gasteiger charge is 2.34. The molecular weight excluding hydrogens is 729 g/mol. The van der Waals surface area contributed by atoms with Crippen LogP contribution in [0.25, 0.3) is 50.0 Å². The first-order chi connectivity index (χ1) is 28.5. The van der Waals surface area contributed by atoms with Gasteiger partial charge in [-0.1, -0.05) is 72.8 Å². The molecule has 0 atom stereocenters. The van der Waals surface area contributed by atoms with E-state index in [2.05, 4.69) is 48.5 Å². The lowest BCUT2D eigenvalue weighted by Crippen LogP contribution is -2.42. The zero-order chi connectivity index (χ0) is 41.0. The Morgan fingerprint density at radius 1 is 0.661 bits per heavy atom. The molecule has 0 saturated carbocycles. The number of fused-ring (bicyclic) bond motifs is 3. The summed E-state index contributed by atoms with van der Waals surface area (Å²) in [4.78, 5) is 27.2. The van der Waals surface area contributed by atoms with Crippen LogP contribution in [0.15, 0.2) is 169 Å². The molecule has 0 amide bonds. The maximum absolute atomic E-state index is 9.83. The third kappa shape index (κ3) is 6.88. The Morgan fingerprint density at radius 3 is 2.15 bits per heavy atom. The van der Waals surface area contributed by atoms with Gasteiger partial charge in [0.1, 0.15) is 28.0 Å². The van der Waals surface area contributed by atoms with E-state index in [9.17, 15) is 10.8 Å². The molecule has 1 aliphatic heterocycles. The molecule has 5 aromatic carbocycles. The molecule has 0 bridgehead atoms. The van der Waals surface area contributed by atoms with Crippen LogP contribution in [0.2, 0.25) is 0 Å². The third-order valence-corrected chi connectivity index (χ3v) is 10.4. The van der Waals surface area contributed by atoms with Gasteiger partial charge in [0.2, 0.25) is 5.89 Å². The van der Waals surface area contributed by atoms with Crippen molar-refractivity contribution in [3.63, 3.8) is 0 Å². The van der Waals surface area contributed by atoms with Gasteiger partial charge in [0, 0.05) is 28.8 Å². The molecular formula is C50H44N8O. The van der Waals surface area contributed by atoms with Gasteiger partial charge in [-0.15, -0.1) is 0 Å². The van der Waals surface area contributed by atoms with Crippen LogP contribution in [0.5, 0.6) is 0 Å². The standard InChI is InChI=1S/C50H44N8O/c1-29(2)53-39-18-12-19-40(45(39)52)58(41-28-26-37(44(51)47(41)54-30(3)4)36-16-11-14-31-13-7-8-15-34(31)36)42-27-25-35(46-48(42)57-50(5,6)56-46)32-21-23-33(24-22-32)49-55-38-17-9-10-20-43(38)59-49/h7-30,51-52H,1-6H3. The second-order valence-electron chi connectivity index (χ2n) is 15.9.